The van der Waals surface area contributed by atoms with Crippen LogP contribution in [0.25, 0.3) is 0 Å². The van der Waals surface area contributed by atoms with Crippen LogP contribution in [0.1, 0.15) is 6.42 Å². The van der Waals surface area contributed by atoms with Gasteiger partial charge in [0.2, 0.25) is 0 Å². The number of carboxylic acid groups (broad SMARTS) is 1. The first-order chi connectivity index (χ1) is 7.49. The zero-order valence-electron chi connectivity index (χ0n) is 9.73. The molecule has 1 aliphatic heterocycles. The molecule has 0 aromatic heterocycles. The van der Waals surface area contributed by atoms with Crippen molar-refractivity contribution in [1.82, 2.24) is 10.0 Å². The first kappa shape index (κ1) is 13.3. The fraction of sp³-hybridized carbons (Fsp3) is 0.900. The maximum Gasteiger partial charge on any atom is 0.329 e. The highest BCUT2D eigenvalue weighted by atomic mass is 19.1. The molecule has 1 fully saturated rings. The van der Waals surface area contributed by atoms with Crippen molar-refractivity contribution in [1.29, 1.82) is 0 Å². The topological polar surface area (TPSA) is 53.0 Å². The molecule has 16 heavy (non-hydrogen) atoms. The molecular formula is C10H19FN2O3. The summed E-state index contributed by atoms with van der Waals surface area (Å²) >= 11 is 0. The van der Waals surface area contributed by atoms with Crippen molar-refractivity contribution in [2.24, 2.45) is 5.92 Å². The summed E-state index contributed by atoms with van der Waals surface area (Å²) in [5.41, 5.74) is 0. The number of ether oxygens (including phenoxy) is 1. The summed E-state index contributed by atoms with van der Waals surface area (Å²) < 4.78 is 18.4. The van der Waals surface area contributed by atoms with E-state index in [1.165, 1.54) is 0 Å². The van der Waals surface area contributed by atoms with Gasteiger partial charge in [0.25, 0.3) is 0 Å². The second-order valence-corrected chi connectivity index (χ2v) is 4.33. The zero-order valence-corrected chi connectivity index (χ0v) is 9.73. The minimum atomic E-state index is -0.989. The quantitative estimate of drug-likeness (QED) is 0.737. The number of alkyl halides is 1. The monoisotopic (exact) mass is 234 g/mol. The Morgan fingerprint density at radius 2 is 2.25 bits per heavy atom. The number of carbonyl (C=O) groups is 1. The van der Waals surface area contributed by atoms with Crippen molar-refractivity contribution in [3.05, 3.63) is 0 Å². The summed E-state index contributed by atoms with van der Waals surface area (Å²) in [5, 5.41) is 12.2. The molecule has 0 saturated carbocycles. The van der Waals surface area contributed by atoms with E-state index in [2.05, 4.69) is 0 Å². The Morgan fingerprint density at radius 3 is 2.81 bits per heavy atom. The molecule has 2 unspecified atom stereocenters. The van der Waals surface area contributed by atoms with Crippen LogP contribution in [-0.4, -0.2) is 67.7 Å². The Bertz CT molecular complexity index is 238. The second kappa shape index (κ2) is 6.12. The van der Waals surface area contributed by atoms with E-state index in [0.29, 0.717) is 26.1 Å². The van der Waals surface area contributed by atoms with Crippen LogP contribution in [0, 0.1) is 5.92 Å². The third-order valence-corrected chi connectivity index (χ3v) is 2.61. The molecule has 5 nitrogen and oxygen atoms in total. The molecule has 2 atom stereocenters. The van der Waals surface area contributed by atoms with E-state index in [9.17, 15) is 9.18 Å². The number of hydrazine groups is 1. The van der Waals surface area contributed by atoms with Crippen molar-refractivity contribution in [2.45, 2.75) is 12.6 Å². The number of piperidine rings is 1. The van der Waals surface area contributed by atoms with Crippen molar-refractivity contribution in [3.63, 3.8) is 0 Å². The summed E-state index contributed by atoms with van der Waals surface area (Å²) in [7, 11) is 3.74. The average Bonchev–Trinajstić information content (AvgIpc) is 2.16. The van der Waals surface area contributed by atoms with Crippen molar-refractivity contribution < 1.29 is 19.0 Å². The van der Waals surface area contributed by atoms with Gasteiger partial charge in [-0.25, -0.2) is 19.2 Å². The Morgan fingerprint density at radius 1 is 1.56 bits per heavy atom. The standard InChI is InChI=1S/C10H19FN2O3/c1-12(2)13-4-8(3-9(11)5-13)6-16-7-10(14)15/h8-9H,3-7H2,1-2H3,(H,14,15). The molecule has 0 aromatic rings. The molecule has 6 heteroatoms. The van der Waals surface area contributed by atoms with E-state index < -0.39 is 12.1 Å². The first-order valence-corrected chi connectivity index (χ1v) is 5.34. The van der Waals surface area contributed by atoms with Crippen LogP contribution in [-0.2, 0) is 9.53 Å². The highest BCUT2D eigenvalue weighted by Crippen LogP contribution is 2.20. The summed E-state index contributed by atoms with van der Waals surface area (Å²) in [6, 6.07) is 0. The Hall–Kier alpha value is -0.720. The summed E-state index contributed by atoms with van der Waals surface area (Å²) in [6.45, 7) is 1.11. The Kier molecular flexibility index (Phi) is 5.11. The number of halogens is 1. The lowest BCUT2D eigenvalue weighted by atomic mass is 9.99. The predicted octanol–water partition coefficient (Wildman–Crippen LogP) is 0.224. The normalized spacial score (nSPS) is 27.2. The van der Waals surface area contributed by atoms with Crippen LogP contribution in [0.15, 0.2) is 0 Å². The minimum absolute atomic E-state index is 0.0606. The largest absolute Gasteiger partial charge is 0.480 e. The molecule has 1 saturated heterocycles. The molecule has 0 amide bonds. The number of hydrogen-bond acceptors (Lipinski definition) is 4. The number of carboxylic acids is 1. The fourth-order valence-electron chi connectivity index (χ4n) is 1.87. The molecule has 1 aliphatic rings. The van der Waals surface area contributed by atoms with E-state index in [0.717, 1.165) is 0 Å². The maximum atomic E-state index is 13.4. The zero-order chi connectivity index (χ0) is 12.1. The van der Waals surface area contributed by atoms with Crippen molar-refractivity contribution >= 4 is 5.97 Å². The smallest absolute Gasteiger partial charge is 0.329 e. The van der Waals surface area contributed by atoms with Gasteiger partial charge in [-0.1, -0.05) is 0 Å². The van der Waals surface area contributed by atoms with E-state index in [4.69, 9.17) is 9.84 Å². The number of hydrogen-bond donors (Lipinski definition) is 1. The minimum Gasteiger partial charge on any atom is -0.480 e. The molecule has 0 aromatic carbocycles. The number of nitrogens with zero attached hydrogens (tertiary/aromatic N) is 2. The van der Waals surface area contributed by atoms with Gasteiger partial charge in [-0.05, 0) is 12.3 Å². The van der Waals surface area contributed by atoms with Gasteiger partial charge in [0.1, 0.15) is 12.8 Å². The van der Waals surface area contributed by atoms with Gasteiger partial charge >= 0.3 is 5.97 Å². The third-order valence-electron chi connectivity index (χ3n) is 2.61. The molecule has 94 valence electrons. The molecule has 1 rings (SSSR count). The van der Waals surface area contributed by atoms with E-state index in [1.807, 2.05) is 24.1 Å². The van der Waals surface area contributed by atoms with Gasteiger partial charge < -0.3 is 9.84 Å². The van der Waals surface area contributed by atoms with Gasteiger partial charge in [-0.2, -0.15) is 0 Å². The van der Waals surface area contributed by atoms with E-state index >= 15 is 0 Å². The molecule has 0 aliphatic carbocycles. The summed E-state index contributed by atoms with van der Waals surface area (Å²) in [6.07, 6.45) is -0.418. The first-order valence-electron chi connectivity index (χ1n) is 5.34. The lowest BCUT2D eigenvalue weighted by molar-refractivity contribution is -0.143. The summed E-state index contributed by atoms with van der Waals surface area (Å²) in [4.78, 5) is 10.3. The van der Waals surface area contributed by atoms with Crippen LogP contribution in [0.2, 0.25) is 0 Å². The molecule has 0 bridgehead atoms. The number of aliphatic carboxylic acids is 1. The molecular weight excluding hydrogens is 215 g/mol. The predicted molar refractivity (Wildman–Crippen MR) is 56.7 cm³/mol. The van der Waals surface area contributed by atoms with Crippen LogP contribution in [0.4, 0.5) is 4.39 Å². The molecule has 0 spiro atoms. The van der Waals surface area contributed by atoms with Crippen molar-refractivity contribution in [3.8, 4) is 0 Å². The van der Waals surface area contributed by atoms with Crippen LogP contribution in [0.5, 0.6) is 0 Å². The van der Waals surface area contributed by atoms with Crippen LogP contribution >= 0.6 is 0 Å². The van der Waals surface area contributed by atoms with Gasteiger partial charge in [-0.15, -0.1) is 0 Å². The average molecular weight is 234 g/mol. The van der Waals surface area contributed by atoms with Crippen LogP contribution in [0.3, 0.4) is 0 Å². The SMILES string of the molecule is CN(C)N1CC(F)CC(COCC(=O)O)C1. The molecule has 1 heterocycles. The van der Waals surface area contributed by atoms with Crippen LogP contribution < -0.4 is 0 Å². The van der Waals surface area contributed by atoms with Gasteiger partial charge in [-0.3, -0.25) is 0 Å². The third kappa shape index (κ3) is 4.42. The second-order valence-electron chi connectivity index (χ2n) is 4.33. The Labute approximate surface area is 94.7 Å². The molecule has 0 radical (unpaired) electrons. The lowest BCUT2D eigenvalue weighted by Crippen LogP contribution is -2.49. The highest BCUT2D eigenvalue weighted by molar-refractivity contribution is 5.67. The summed E-state index contributed by atoms with van der Waals surface area (Å²) in [5.74, 6) is -0.928. The van der Waals surface area contributed by atoms with E-state index in [1.54, 1.807) is 0 Å². The number of rotatable bonds is 5. The van der Waals surface area contributed by atoms with Gasteiger partial charge in [0.05, 0.1) is 6.61 Å². The highest BCUT2D eigenvalue weighted by Gasteiger charge is 2.28. The van der Waals surface area contributed by atoms with E-state index in [-0.39, 0.29) is 12.5 Å². The lowest BCUT2D eigenvalue weighted by Gasteiger charge is -2.38. The van der Waals surface area contributed by atoms with Crippen molar-refractivity contribution in [2.75, 3.05) is 40.4 Å². The maximum absolute atomic E-state index is 13.4. The molecule has 1 N–H and O–H groups in total. The van der Waals surface area contributed by atoms with Gasteiger partial charge in [0, 0.05) is 27.2 Å². The fourth-order valence-corrected chi connectivity index (χ4v) is 1.87. The van der Waals surface area contributed by atoms with Gasteiger partial charge in [0.15, 0.2) is 0 Å². The Balaban J connectivity index is 2.33.